The van der Waals surface area contributed by atoms with Crippen LogP contribution in [0.2, 0.25) is 0 Å². The molecule has 0 aliphatic rings. The summed E-state index contributed by atoms with van der Waals surface area (Å²) in [6, 6.07) is 15.6. The summed E-state index contributed by atoms with van der Waals surface area (Å²) in [6.45, 7) is 2.01. The van der Waals surface area contributed by atoms with Crippen molar-refractivity contribution in [1.82, 2.24) is 20.1 Å². The number of carbonyl (C=O) groups is 1. The molecule has 25 heavy (non-hydrogen) atoms. The molecule has 0 radical (unpaired) electrons. The van der Waals surface area contributed by atoms with Gasteiger partial charge in [0.2, 0.25) is 5.91 Å². The third-order valence-electron chi connectivity index (χ3n) is 3.83. The molecule has 3 rings (SSSR count). The normalized spacial score (nSPS) is 11.7. The molecule has 0 saturated heterocycles. The number of rotatable bonds is 5. The van der Waals surface area contributed by atoms with Gasteiger partial charge in [-0.2, -0.15) is 5.10 Å². The molecule has 0 saturated carbocycles. The van der Waals surface area contributed by atoms with Crippen molar-refractivity contribution in [1.29, 1.82) is 0 Å². The van der Waals surface area contributed by atoms with Gasteiger partial charge in [-0.25, -0.2) is 4.68 Å². The van der Waals surface area contributed by atoms with Crippen LogP contribution in [0.25, 0.3) is 11.3 Å². The van der Waals surface area contributed by atoms with Gasteiger partial charge in [0.25, 0.3) is 5.56 Å². The minimum atomic E-state index is -0.715. The lowest BCUT2D eigenvalue weighted by Gasteiger charge is -2.15. The van der Waals surface area contributed by atoms with Gasteiger partial charge < -0.3 is 5.32 Å². The van der Waals surface area contributed by atoms with Crippen molar-refractivity contribution in [2.75, 3.05) is 0 Å². The summed E-state index contributed by atoms with van der Waals surface area (Å²) in [5.41, 5.74) is 2.11. The molecule has 0 unspecified atom stereocenters. The SMILES string of the molecule is C[C@H](C(=O)NCc1cccnc1)n1nc(-c2ccccc2)ccc1=O. The molecule has 6 nitrogen and oxygen atoms in total. The number of hydrogen-bond acceptors (Lipinski definition) is 4. The van der Waals surface area contributed by atoms with E-state index in [2.05, 4.69) is 15.4 Å². The molecule has 1 amide bonds. The van der Waals surface area contributed by atoms with Crippen molar-refractivity contribution >= 4 is 5.91 Å². The molecule has 0 aliphatic carbocycles. The van der Waals surface area contributed by atoms with E-state index in [0.29, 0.717) is 12.2 Å². The van der Waals surface area contributed by atoms with Crippen LogP contribution in [0.5, 0.6) is 0 Å². The molecular weight excluding hydrogens is 316 g/mol. The number of amides is 1. The van der Waals surface area contributed by atoms with Gasteiger partial charge in [-0.3, -0.25) is 14.6 Å². The summed E-state index contributed by atoms with van der Waals surface area (Å²) < 4.78 is 1.21. The molecule has 1 aromatic carbocycles. The van der Waals surface area contributed by atoms with E-state index in [9.17, 15) is 9.59 Å². The number of nitrogens with zero attached hydrogens (tertiary/aromatic N) is 3. The van der Waals surface area contributed by atoms with E-state index < -0.39 is 6.04 Å². The minimum Gasteiger partial charge on any atom is -0.350 e. The molecule has 1 atom stereocenters. The Hall–Kier alpha value is -3.28. The second-order valence-electron chi connectivity index (χ2n) is 5.62. The van der Waals surface area contributed by atoms with Gasteiger partial charge in [0.05, 0.1) is 5.69 Å². The van der Waals surface area contributed by atoms with E-state index in [4.69, 9.17) is 0 Å². The zero-order chi connectivity index (χ0) is 17.6. The molecule has 126 valence electrons. The first-order valence-corrected chi connectivity index (χ1v) is 7.97. The summed E-state index contributed by atoms with van der Waals surface area (Å²) in [4.78, 5) is 28.5. The van der Waals surface area contributed by atoms with Crippen LogP contribution in [-0.4, -0.2) is 20.7 Å². The zero-order valence-corrected chi connectivity index (χ0v) is 13.8. The zero-order valence-electron chi connectivity index (χ0n) is 13.8. The predicted molar refractivity (Wildman–Crippen MR) is 94.7 cm³/mol. The van der Waals surface area contributed by atoms with Crippen molar-refractivity contribution in [2.45, 2.75) is 19.5 Å². The first-order valence-electron chi connectivity index (χ1n) is 7.97. The quantitative estimate of drug-likeness (QED) is 0.776. The lowest BCUT2D eigenvalue weighted by atomic mass is 10.1. The van der Waals surface area contributed by atoms with E-state index in [-0.39, 0.29) is 11.5 Å². The first-order chi connectivity index (χ1) is 12.1. The Morgan fingerprint density at radius 2 is 1.92 bits per heavy atom. The molecule has 2 aromatic heterocycles. The Bertz CT molecular complexity index is 907. The Balaban J connectivity index is 1.78. The molecule has 6 heteroatoms. The van der Waals surface area contributed by atoms with Crippen LogP contribution in [0.1, 0.15) is 18.5 Å². The van der Waals surface area contributed by atoms with Gasteiger partial charge >= 0.3 is 0 Å². The topological polar surface area (TPSA) is 76.9 Å². The number of benzene rings is 1. The number of pyridine rings is 1. The van der Waals surface area contributed by atoms with Crippen LogP contribution < -0.4 is 10.9 Å². The maximum Gasteiger partial charge on any atom is 0.267 e. The fraction of sp³-hybridized carbons (Fsp3) is 0.158. The number of carbonyl (C=O) groups excluding carboxylic acids is 1. The smallest absolute Gasteiger partial charge is 0.267 e. The van der Waals surface area contributed by atoms with Gasteiger partial charge in [0.1, 0.15) is 6.04 Å². The average molecular weight is 334 g/mol. The van der Waals surface area contributed by atoms with E-state index in [0.717, 1.165) is 11.1 Å². The summed E-state index contributed by atoms with van der Waals surface area (Å²) in [7, 11) is 0. The van der Waals surface area contributed by atoms with Gasteiger partial charge in [0.15, 0.2) is 0 Å². The lowest BCUT2D eigenvalue weighted by molar-refractivity contribution is -0.124. The Labute approximate surface area is 145 Å². The van der Waals surface area contributed by atoms with Crippen LogP contribution in [0.3, 0.4) is 0 Å². The van der Waals surface area contributed by atoms with Crippen LogP contribution in [0.15, 0.2) is 71.8 Å². The number of hydrogen-bond donors (Lipinski definition) is 1. The average Bonchev–Trinajstić information content (AvgIpc) is 2.67. The maximum absolute atomic E-state index is 12.4. The highest BCUT2D eigenvalue weighted by Gasteiger charge is 2.17. The highest BCUT2D eigenvalue weighted by atomic mass is 16.2. The van der Waals surface area contributed by atoms with Gasteiger partial charge in [-0.15, -0.1) is 0 Å². The highest BCUT2D eigenvalue weighted by Crippen LogP contribution is 2.15. The van der Waals surface area contributed by atoms with Gasteiger partial charge in [0, 0.05) is 30.6 Å². The van der Waals surface area contributed by atoms with E-state index in [1.165, 1.54) is 10.7 Å². The van der Waals surface area contributed by atoms with Crippen molar-refractivity contribution < 1.29 is 4.79 Å². The summed E-state index contributed by atoms with van der Waals surface area (Å²) in [5.74, 6) is -0.274. The molecule has 0 aliphatic heterocycles. The summed E-state index contributed by atoms with van der Waals surface area (Å²) in [5, 5.41) is 7.15. The van der Waals surface area contributed by atoms with Crippen LogP contribution >= 0.6 is 0 Å². The fourth-order valence-electron chi connectivity index (χ4n) is 2.42. The molecule has 0 fully saturated rings. The van der Waals surface area contributed by atoms with Crippen molar-refractivity contribution in [2.24, 2.45) is 0 Å². The maximum atomic E-state index is 12.4. The number of aromatic nitrogens is 3. The summed E-state index contributed by atoms with van der Waals surface area (Å²) in [6.07, 6.45) is 3.36. The second-order valence-corrected chi connectivity index (χ2v) is 5.62. The Kier molecular flexibility index (Phi) is 4.99. The monoisotopic (exact) mass is 334 g/mol. The molecule has 0 bridgehead atoms. The lowest BCUT2D eigenvalue weighted by Crippen LogP contribution is -2.36. The molecular formula is C19H18N4O2. The third kappa shape index (κ3) is 3.98. The predicted octanol–water partition coefficient (Wildman–Crippen LogP) is 2.18. The van der Waals surface area contributed by atoms with Crippen molar-refractivity contribution in [3.05, 3.63) is 82.9 Å². The minimum absolute atomic E-state index is 0.274. The molecule has 0 spiro atoms. The molecule has 3 aromatic rings. The second kappa shape index (κ2) is 7.53. The van der Waals surface area contributed by atoms with Crippen LogP contribution in [0.4, 0.5) is 0 Å². The van der Waals surface area contributed by atoms with Crippen molar-refractivity contribution in [3.63, 3.8) is 0 Å². The highest BCUT2D eigenvalue weighted by molar-refractivity contribution is 5.79. The van der Waals surface area contributed by atoms with E-state index in [1.54, 1.807) is 31.5 Å². The third-order valence-corrected chi connectivity index (χ3v) is 3.83. The molecule has 2 heterocycles. The van der Waals surface area contributed by atoms with Crippen LogP contribution in [-0.2, 0) is 11.3 Å². The van der Waals surface area contributed by atoms with Gasteiger partial charge in [-0.05, 0) is 24.6 Å². The van der Waals surface area contributed by atoms with Crippen LogP contribution in [0, 0.1) is 0 Å². The largest absolute Gasteiger partial charge is 0.350 e. The fourth-order valence-corrected chi connectivity index (χ4v) is 2.42. The Morgan fingerprint density at radius 1 is 1.12 bits per heavy atom. The first kappa shape index (κ1) is 16.6. The molecule has 1 N–H and O–H groups in total. The standard InChI is InChI=1S/C19H18N4O2/c1-14(19(25)21-13-15-6-5-11-20-12-15)23-18(24)10-9-17(22-23)16-7-3-2-4-8-16/h2-12,14H,13H2,1H3,(H,21,25)/t14-/m1/s1. The number of nitrogens with one attached hydrogen (secondary N) is 1. The van der Waals surface area contributed by atoms with E-state index in [1.807, 2.05) is 36.4 Å². The Morgan fingerprint density at radius 3 is 2.64 bits per heavy atom. The summed E-state index contributed by atoms with van der Waals surface area (Å²) >= 11 is 0. The van der Waals surface area contributed by atoms with E-state index >= 15 is 0 Å². The van der Waals surface area contributed by atoms with Crippen molar-refractivity contribution in [3.8, 4) is 11.3 Å². The van der Waals surface area contributed by atoms with Gasteiger partial charge in [-0.1, -0.05) is 36.4 Å².